The second-order valence-electron chi connectivity index (χ2n) is 5.76. The molecule has 0 amide bonds. The van der Waals surface area contributed by atoms with Crippen molar-refractivity contribution in [3.63, 3.8) is 0 Å². The Kier molecular flexibility index (Phi) is 4.21. The quantitative estimate of drug-likeness (QED) is 0.906. The molecule has 0 spiro atoms. The maximum Gasteiger partial charge on any atom is 0.159 e. The summed E-state index contributed by atoms with van der Waals surface area (Å²) in [7, 11) is 0. The van der Waals surface area contributed by atoms with Crippen LogP contribution in [0.4, 0.5) is 8.78 Å². The Labute approximate surface area is 113 Å². The number of nitrogens with one attached hydrogen (secondary N) is 1. The van der Waals surface area contributed by atoms with Crippen LogP contribution < -0.4 is 5.32 Å². The molecule has 0 aromatic heterocycles. The van der Waals surface area contributed by atoms with Gasteiger partial charge in [0.05, 0.1) is 0 Å². The van der Waals surface area contributed by atoms with Gasteiger partial charge < -0.3 is 5.32 Å². The van der Waals surface area contributed by atoms with Crippen molar-refractivity contribution in [3.8, 4) is 0 Å². The maximum absolute atomic E-state index is 13.3. The number of nitrogens with zero attached hydrogens (tertiary/aromatic N) is 1. The zero-order valence-electron chi connectivity index (χ0n) is 11.8. The van der Waals surface area contributed by atoms with Gasteiger partial charge in [0.1, 0.15) is 0 Å². The van der Waals surface area contributed by atoms with Gasteiger partial charge in [0, 0.05) is 31.2 Å². The van der Waals surface area contributed by atoms with Gasteiger partial charge in [-0.1, -0.05) is 13.0 Å². The first-order chi connectivity index (χ1) is 8.94. The molecule has 106 valence electrons. The molecule has 0 bridgehead atoms. The molecule has 4 heteroatoms. The summed E-state index contributed by atoms with van der Waals surface area (Å²) in [6.07, 6.45) is 1.02. The van der Waals surface area contributed by atoms with E-state index in [1.54, 1.807) is 6.07 Å². The van der Waals surface area contributed by atoms with E-state index in [0.717, 1.165) is 25.1 Å². The van der Waals surface area contributed by atoms with E-state index in [2.05, 4.69) is 31.0 Å². The lowest BCUT2D eigenvalue weighted by Crippen LogP contribution is -2.61. The number of hydrogen-bond donors (Lipinski definition) is 1. The fraction of sp³-hybridized carbons (Fsp3) is 0.600. The highest BCUT2D eigenvalue weighted by Gasteiger charge is 2.34. The molecule has 1 heterocycles. The lowest BCUT2D eigenvalue weighted by Gasteiger charge is -2.47. The van der Waals surface area contributed by atoms with Crippen LogP contribution in [-0.2, 0) is 6.54 Å². The van der Waals surface area contributed by atoms with Gasteiger partial charge in [0.2, 0.25) is 0 Å². The molecule has 0 saturated carbocycles. The molecule has 1 aliphatic rings. The van der Waals surface area contributed by atoms with Crippen LogP contribution >= 0.6 is 0 Å². The topological polar surface area (TPSA) is 15.3 Å². The van der Waals surface area contributed by atoms with Gasteiger partial charge in [-0.2, -0.15) is 0 Å². The molecule has 1 aromatic carbocycles. The van der Waals surface area contributed by atoms with E-state index in [1.165, 1.54) is 12.1 Å². The number of rotatable bonds is 3. The van der Waals surface area contributed by atoms with Gasteiger partial charge in [-0.25, -0.2) is 8.78 Å². The Hall–Kier alpha value is -1.00. The molecule has 1 N–H and O–H groups in total. The largest absolute Gasteiger partial charge is 0.311 e. The van der Waals surface area contributed by atoms with Crippen LogP contribution in [0.15, 0.2) is 18.2 Å². The Morgan fingerprint density at radius 2 is 2.11 bits per heavy atom. The summed E-state index contributed by atoms with van der Waals surface area (Å²) in [5.41, 5.74) is 0.893. The third kappa shape index (κ3) is 3.12. The molecule has 0 radical (unpaired) electrons. The van der Waals surface area contributed by atoms with Crippen molar-refractivity contribution in [2.75, 3.05) is 13.1 Å². The third-order valence-electron chi connectivity index (χ3n) is 4.21. The molecule has 1 aliphatic heterocycles. The minimum Gasteiger partial charge on any atom is -0.311 e. The minimum absolute atomic E-state index is 0.0668. The summed E-state index contributed by atoms with van der Waals surface area (Å²) < 4.78 is 26.2. The highest BCUT2D eigenvalue weighted by Crippen LogP contribution is 2.25. The van der Waals surface area contributed by atoms with Gasteiger partial charge in [-0.15, -0.1) is 0 Å². The van der Waals surface area contributed by atoms with Gasteiger partial charge in [0.25, 0.3) is 0 Å². The van der Waals surface area contributed by atoms with Gasteiger partial charge >= 0.3 is 0 Å². The zero-order chi connectivity index (χ0) is 14.0. The first-order valence-electron chi connectivity index (χ1n) is 6.87. The van der Waals surface area contributed by atoms with Crippen molar-refractivity contribution in [1.29, 1.82) is 0 Å². The van der Waals surface area contributed by atoms with Crippen LogP contribution in [0, 0.1) is 11.6 Å². The first kappa shape index (κ1) is 14.4. The van der Waals surface area contributed by atoms with E-state index in [1.807, 2.05) is 0 Å². The second-order valence-corrected chi connectivity index (χ2v) is 5.76. The van der Waals surface area contributed by atoms with E-state index in [9.17, 15) is 8.78 Å². The number of piperazine rings is 1. The van der Waals surface area contributed by atoms with Crippen LogP contribution in [0.5, 0.6) is 0 Å². The SMILES string of the molecule is CCC1(C)CNC(C)CN1Cc1ccc(F)c(F)c1. The Balaban J connectivity index is 2.16. The van der Waals surface area contributed by atoms with Crippen LogP contribution in [0.3, 0.4) is 0 Å². The molecule has 2 atom stereocenters. The number of benzene rings is 1. The molecule has 1 aromatic rings. The van der Waals surface area contributed by atoms with Crippen molar-refractivity contribution in [2.24, 2.45) is 0 Å². The molecule has 1 saturated heterocycles. The van der Waals surface area contributed by atoms with Crippen LogP contribution in [0.1, 0.15) is 32.8 Å². The highest BCUT2D eigenvalue weighted by molar-refractivity contribution is 5.18. The molecular formula is C15H22F2N2. The molecule has 2 nitrogen and oxygen atoms in total. The lowest BCUT2D eigenvalue weighted by atomic mass is 9.91. The van der Waals surface area contributed by atoms with Gasteiger partial charge in [-0.3, -0.25) is 4.90 Å². The molecule has 1 fully saturated rings. The summed E-state index contributed by atoms with van der Waals surface area (Å²) in [5.74, 6) is -1.55. The maximum atomic E-state index is 13.3. The second kappa shape index (κ2) is 5.55. The third-order valence-corrected chi connectivity index (χ3v) is 4.21. The predicted octanol–water partition coefficient (Wildman–Crippen LogP) is 2.93. The monoisotopic (exact) mass is 268 g/mol. The fourth-order valence-corrected chi connectivity index (χ4v) is 2.58. The van der Waals surface area contributed by atoms with E-state index in [0.29, 0.717) is 12.6 Å². The minimum atomic E-state index is -0.782. The van der Waals surface area contributed by atoms with Crippen molar-refractivity contribution < 1.29 is 8.78 Å². The normalized spacial score (nSPS) is 28.6. The highest BCUT2D eigenvalue weighted by atomic mass is 19.2. The zero-order valence-corrected chi connectivity index (χ0v) is 11.8. The molecular weight excluding hydrogens is 246 g/mol. The van der Waals surface area contributed by atoms with Crippen LogP contribution in [0.2, 0.25) is 0 Å². The predicted molar refractivity (Wildman–Crippen MR) is 72.9 cm³/mol. The summed E-state index contributed by atoms with van der Waals surface area (Å²) >= 11 is 0. The lowest BCUT2D eigenvalue weighted by molar-refractivity contribution is 0.0452. The Bertz CT molecular complexity index is 450. The molecule has 2 unspecified atom stereocenters. The van der Waals surface area contributed by atoms with E-state index >= 15 is 0 Å². The smallest absolute Gasteiger partial charge is 0.159 e. The van der Waals surface area contributed by atoms with Crippen LogP contribution in [0.25, 0.3) is 0 Å². The van der Waals surface area contributed by atoms with Gasteiger partial charge in [0.15, 0.2) is 11.6 Å². The van der Waals surface area contributed by atoms with E-state index in [-0.39, 0.29) is 5.54 Å². The average Bonchev–Trinajstić information content (AvgIpc) is 2.38. The van der Waals surface area contributed by atoms with Gasteiger partial charge in [-0.05, 0) is 38.0 Å². The molecule has 0 aliphatic carbocycles. The van der Waals surface area contributed by atoms with Crippen molar-refractivity contribution in [1.82, 2.24) is 10.2 Å². The molecule has 2 rings (SSSR count). The molecule has 19 heavy (non-hydrogen) atoms. The van der Waals surface area contributed by atoms with E-state index < -0.39 is 11.6 Å². The Morgan fingerprint density at radius 3 is 2.74 bits per heavy atom. The fourth-order valence-electron chi connectivity index (χ4n) is 2.58. The Morgan fingerprint density at radius 1 is 1.37 bits per heavy atom. The number of halogens is 2. The number of hydrogen-bond acceptors (Lipinski definition) is 2. The average molecular weight is 268 g/mol. The van der Waals surface area contributed by atoms with Crippen molar-refractivity contribution in [2.45, 2.75) is 45.3 Å². The van der Waals surface area contributed by atoms with Crippen LogP contribution in [-0.4, -0.2) is 29.6 Å². The first-order valence-corrected chi connectivity index (χ1v) is 6.87. The summed E-state index contributed by atoms with van der Waals surface area (Å²) in [4.78, 5) is 2.36. The van der Waals surface area contributed by atoms with E-state index in [4.69, 9.17) is 0 Å². The van der Waals surface area contributed by atoms with Crippen molar-refractivity contribution >= 4 is 0 Å². The summed E-state index contributed by atoms with van der Waals surface area (Å²) in [5, 5.41) is 3.48. The summed E-state index contributed by atoms with van der Waals surface area (Å²) in [6.45, 7) is 9.03. The standard InChI is InChI=1S/C15H22F2N2/c1-4-15(3)10-18-11(2)8-19(15)9-12-5-6-13(16)14(17)7-12/h5-7,11,18H,4,8-10H2,1-3H3. The summed E-state index contributed by atoms with van der Waals surface area (Å²) in [6, 6.07) is 4.60. The van der Waals surface area contributed by atoms with Crippen molar-refractivity contribution in [3.05, 3.63) is 35.4 Å².